The first-order chi connectivity index (χ1) is 19.6. The lowest BCUT2D eigenvalue weighted by molar-refractivity contribution is -0.137. The van der Waals surface area contributed by atoms with Gasteiger partial charge in [-0.1, -0.05) is 13.8 Å². The largest absolute Gasteiger partial charge is 0.469 e. The Bertz CT molecular complexity index is 319. The van der Waals surface area contributed by atoms with Gasteiger partial charge < -0.3 is 49.8 Å². The summed E-state index contributed by atoms with van der Waals surface area (Å²) in [5.74, 6) is -0.245. The van der Waals surface area contributed by atoms with Gasteiger partial charge in [-0.2, -0.15) is 11.8 Å². The number of esters is 1. The number of carbonyl (C=O) groups is 1. The van der Waals surface area contributed by atoms with Crippen molar-refractivity contribution < 1.29 is 28.8 Å². The van der Waals surface area contributed by atoms with Crippen LogP contribution in [0.4, 0.5) is 0 Å². The molecular weight excluding hydrogens is 558 g/mol. The summed E-state index contributed by atoms with van der Waals surface area (Å²) in [6, 6.07) is 0. The quantitative estimate of drug-likeness (QED) is 0.339. The molecule has 0 aromatic carbocycles. The highest BCUT2D eigenvalue weighted by atomic mass is 32.2. The van der Waals surface area contributed by atoms with Crippen LogP contribution >= 0.6 is 11.8 Å². The van der Waals surface area contributed by atoms with Gasteiger partial charge in [-0.05, 0) is 109 Å². The van der Waals surface area contributed by atoms with Gasteiger partial charge in [0.15, 0.2) is 0 Å². The summed E-state index contributed by atoms with van der Waals surface area (Å²) >= 11 is 1.75. The molecule has 0 aromatic rings. The molecule has 0 amide bonds. The number of rotatable bonds is 4. The zero-order valence-electron chi connectivity index (χ0n) is 32.0. The van der Waals surface area contributed by atoms with Crippen LogP contribution in [0.15, 0.2) is 0 Å². The van der Waals surface area contributed by atoms with E-state index >= 15 is 0 Å². The molecule has 12 heteroatoms. The van der Waals surface area contributed by atoms with Crippen molar-refractivity contribution in [3.63, 3.8) is 0 Å². The molecule has 0 aliphatic carbocycles. The van der Waals surface area contributed by atoms with Crippen LogP contribution in [-0.2, 0) is 23.7 Å². The molecule has 1 fully saturated rings. The summed E-state index contributed by atoms with van der Waals surface area (Å²) in [5, 5.41) is 16.8. The lowest BCUT2D eigenvalue weighted by Crippen LogP contribution is -2.32. The van der Waals surface area contributed by atoms with Gasteiger partial charge in [0, 0.05) is 54.1 Å². The zero-order chi connectivity index (χ0) is 35.6. The summed E-state index contributed by atoms with van der Waals surface area (Å²) < 4.78 is 18.0. The molecule has 1 saturated heterocycles. The Hall–Kier alpha value is -0.540. The number of morpholine rings is 1. The maximum atomic E-state index is 9.59. The van der Waals surface area contributed by atoms with Gasteiger partial charge >= 0.3 is 5.97 Å². The van der Waals surface area contributed by atoms with E-state index in [0.717, 1.165) is 46.0 Å². The van der Waals surface area contributed by atoms with Crippen LogP contribution in [0.25, 0.3) is 0 Å². The number of carbonyl (C=O) groups excluding carboxylic acids is 1. The Kier molecular flexibility index (Phi) is 128. The molecule has 1 heterocycles. The molecule has 11 nitrogen and oxygen atoms in total. The molecular formula is C30H81N5O6S. The summed E-state index contributed by atoms with van der Waals surface area (Å²) in [6.45, 7) is 18.0. The first kappa shape index (κ1) is 64.4. The average molecular weight is 640 g/mol. The van der Waals surface area contributed by atoms with Crippen molar-refractivity contribution >= 4 is 17.7 Å². The van der Waals surface area contributed by atoms with E-state index in [1.54, 1.807) is 46.9 Å². The summed E-state index contributed by atoms with van der Waals surface area (Å²) in [7, 11) is 22.0. The van der Waals surface area contributed by atoms with E-state index < -0.39 is 0 Å². The van der Waals surface area contributed by atoms with Crippen molar-refractivity contribution in [2.45, 2.75) is 54.1 Å². The maximum Gasteiger partial charge on any atom is 0.302 e. The Morgan fingerprint density at radius 1 is 0.952 bits per heavy atom. The SMILES string of the molecule is CC(C)O.CCCNC.CCNC.CCOC.CN(C)C.CN1CCOCC1.CNC.COC.COC(C)=O.CSC. The van der Waals surface area contributed by atoms with Crippen LogP contribution in [0.2, 0.25) is 0 Å². The highest BCUT2D eigenvalue weighted by molar-refractivity contribution is 7.97. The van der Waals surface area contributed by atoms with Gasteiger partial charge in [-0.3, -0.25) is 4.79 Å². The second-order valence-corrected chi connectivity index (χ2v) is 9.57. The minimum absolute atomic E-state index is 0.167. The number of ether oxygens (including phenoxy) is 4. The Balaban J connectivity index is -0.0000000418. The number of nitrogens with zero attached hydrogens (tertiary/aromatic N) is 2. The Morgan fingerprint density at radius 3 is 1.24 bits per heavy atom. The standard InChI is InChI=1S/C5H11NO.C4H11N.2C3H9N.C3H6O2.2C3H8O.C2H7N.C2H6O.C2H6S/c1-6-2-4-7-5-3-6;1-3-4-5-2;1-4(2)3;1-3-4-2;1-3(4)5-2;1-3-4-2;1-3(2)4;3*1-3-2/h2-5H2,1H3;5H,3-4H2,1-2H3;1-3H3;4H,3H2,1-2H3;1-2H3;3H2,1-2H3;3-4H,1-2H3;3H,1-2H3;2*1-2H3. The minimum Gasteiger partial charge on any atom is -0.469 e. The van der Waals surface area contributed by atoms with Crippen LogP contribution in [-0.4, -0.2) is 170 Å². The van der Waals surface area contributed by atoms with Crippen LogP contribution in [0.3, 0.4) is 0 Å². The fourth-order valence-corrected chi connectivity index (χ4v) is 0.905. The second-order valence-electron chi connectivity index (χ2n) is 8.75. The molecule has 42 heavy (non-hydrogen) atoms. The predicted octanol–water partition coefficient (Wildman–Crippen LogP) is 3.26. The van der Waals surface area contributed by atoms with Crippen molar-refractivity contribution in [2.24, 2.45) is 0 Å². The number of nitrogens with one attached hydrogen (secondary N) is 3. The average Bonchev–Trinajstić information content (AvgIpc) is 2.91. The number of aliphatic hydroxyl groups is 1. The summed E-state index contributed by atoms with van der Waals surface area (Å²) in [5.41, 5.74) is 0. The van der Waals surface area contributed by atoms with E-state index in [0.29, 0.717) is 0 Å². The molecule has 1 rings (SSSR count). The maximum absolute atomic E-state index is 9.59. The van der Waals surface area contributed by atoms with Gasteiger partial charge in [0.25, 0.3) is 0 Å². The van der Waals surface area contributed by atoms with E-state index in [-0.39, 0.29) is 12.1 Å². The van der Waals surface area contributed by atoms with Gasteiger partial charge in [0.2, 0.25) is 0 Å². The van der Waals surface area contributed by atoms with Gasteiger partial charge in [-0.15, -0.1) is 0 Å². The smallest absolute Gasteiger partial charge is 0.302 e. The minimum atomic E-state index is -0.245. The first-order valence-electron chi connectivity index (χ1n) is 14.4. The monoisotopic (exact) mass is 640 g/mol. The number of methoxy groups -OCH3 is 3. The first-order valence-corrected chi connectivity index (χ1v) is 16.0. The van der Waals surface area contributed by atoms with Crippen molar-refractivity contribution in [1.82, 2.24) is 25.8 Å². The molecule has 1 aliphatic heterocycles. The third-order valence-electron chi connectivity index (χ3n) is 2.66. The molecule has 0 spiro atoms. The van der Waals surface area contributed by atoms with Crippen LogP contribution in [0.1, 0.15) is 48.0 Å². The lowest BCUT2D eigenvalue weighted by atomic mass is 10.5. The van der Waals surface area contributed by atoms with Gasteiger partial charge in [0.1, 0.15) is 0 Å². The third-order valence-corrected chi connectivity index (χ3v) is 2.66. The second kappa shape index (κ2) is 83.5. The Labute approximate surface area is 269 Å². The van der Waals surface area contributed by atoms with E-state index in [2.05, 4.69) is 56.0 Å². The number of aliphatic hydroxyl groups excluding tert-OH is 1. The third kappa shape index (κ3) is 322. The van der Waals surface area contributed by atoms with Crippen LogP contribution in [0.5, 0.6) is 0 Å². The fraction of sp³-hybridized carbons (Fsp3) is 0.967. The Morgan fingerprint density at radius 2 is 1.19 bits per heavy atom. The lowest BCUT2D eigenvalue weighted by Gasteiger charge is -2.21. The number of thioether (sulfide) groups is 1. The van der Waals surface area contributed by atoms with Crippen LogP contribution in [0, 0.1) is 0 Å². The van der Waals surface area contributed by atoms with Crippen molar-refractivity contribution in [1.29, 1.82) is 0 Å². The normalized spacial score (nSPS) is 10.5. The molecule has 4 N–H and O–H groups in total. The number of likely N-dealkylation sites (N-methyl/N-ethyl adjacent to an activating group) is 1. The highest BCUT2D eigenvalue weighted by Gasteiger charge is 2.02. The number of hydrogen-bond acceptors (Lipinski definition) is 12. The predicted molar refractivity (Wildman–Crippen MR) is 192 cm³/mol. The highest BCUT2D eigenvalue weighted by Crippen LogP contribution is 1.89. The van der Waals surface area contributed by atoms with Gasteiger partial charge in [-0.25, -0.2) is 0 Å². The molecule has 0 bridgehead atoms. The van der Waals surface area contributed by atoms with E-state index in [4.69, 9.17) is 9.84 Å². The van der Waals surface area contributed by atoms with Crippen molar-refractivity contribution in [2.75, 3.05) is 143 Å². The molecule has 0 saturated carbocycles. The molecule has 0 atom stereocenters. The summed E-state index contributed by atoms with van der Waals surface area (Å²) in [4.78, 5) is 13.9. The van der Waals surface area contributed by atoms with E-state index in [1.807, 2.05) is 73.7 Å². The fourth-order valence-electron chi connectivity index (χ4n) is 0.905. The molecule has 0 unspecified atom stereocenters. The number of hydrogen-bond donors (Lipinski definition) is 4. The van der Waals surface area contributed by atoms with E-state index in [1.165, 1.54) is 20.5 Å². The van der Waals surface area contributed by atoms with Gasteiger partial charge in [0.05, 0.1) is 20.3 Å². The zero-order valence-corrected chi connectivity index (χ0v) is 32.8. The molecule has 1 aliphatic rings. The van der Waals surface area contributed by atoms with E-state index in [9.17, 15) is 4.79 Å². The van der Waals surface area contributed by atoms with Crippen LogP contribution < -0.4 is 16.0 Å². The van der Waals surface area contributed by atoms with Crippen molar-refractivity contribution in [3.05, 3.63) is 0 Å². The topological polar surface area (TPSA) is 117 Å². The molecule has 0 radical (unpaired) electrons. The molecule has 0 aromatic heterocycles. The van der Waals surface area contributed by atoms with Crippen molar-refractivity contribution in [3.8, 4) is 0 Å². The summed E-state index contributed by atoms with van der Waals surface area (Å²) in [6.07, 6.45) is 5.15. The molecule has 268 valence electrons.